The zero-order valence-corrected chi connectivity index (χ0v) is 7.06. The first-order valence-corrected chi connectivity index (χ1v) is 3.57. The first-order chi connectivity index (χ1) is 5.65. The highest BCUT2D eigenvalue weighted by Crippen LogP contribution is 2.13. The van der Waals surface area contributed by atoms with E-state index < -0.39 is 0 Å². The Morgan fingerprint density at radius 1 is 1.67 bits per heavy atom. The highest BCUT2D eigenvalue weighted by Gasteiger charge is 2.14. The standard InChI is InChI=1S/C6H12N4O2/c1-4(3-11)10(2)6-9-8-5(7)12-6/h4,11H,3H2,1-2H3,(H2,7,8). The topological polar surface area (TPSA) is 88.4 Å². The third kappa shape index (κ3) is 1.65. The Hall–Kier alpha value is -1.30. The van der Waals surface area contributed by atoms with E-state index in [0.717, 1.165) is 0 Å². The lowest BCUT2D eigenvalue weighted by Crippen LogP contribution is -2.31. The molecule has 1 atom stereocenters. The average Bonchev–Trinajstić information content (AvgIpc) is 2.49. The van der Waals surface area contributed by atoms with Crippen LogP contribution in [0.15, 0.2) is 4.42 Å². The van der Waals surface area contributed by atoms with Gasteiger partial charge in [-0.15, -0.1) is 0 Å². The third-order valence-electron chi connectivity index (χ3n) is 1.66. The first kappa shape index (κ1) is 8.79. The van der Waals surface area contributed by atoms with E-state index in [1.165, 1.54) is 0 Å². The van der Waals surface area contributed by atoms with Crippen LogP contribution in [0.3, 0.4) is 0 Å². The number of rotatable bonds is 3. The van der Waals surface area contributed by atoms with Gasteiger partial charge >= 0.3 is 12.0 Å². The van der Waals surface area contributed by atoms with Crippen molar-refractivity contribution in [2.75, 3.05) is 24.3 Å². The molecular formula is C6H12N4O2. The maximum Gasteiger partial charge on any atom is 0.319 e. The Bertz CT molecular complexity index is 249. The van der Waals surface area contributed by atoms with Crippen LogP contribution in [0, 0.1) is 0 Å². The highest BCUT2D eigenvalue weighted by atomic mass is 16.4. The van der Waals surface area contributed by atoms with Gasteiger partial charge in [0.2, 0.25) is 0 Å². The summed E-state index contributed by atoms with van der Waals surface area (Å²) in [6.07, 6.45) is 0. The lowest BCUT2D eigenvalue weighted by molar-refractivity contribution is 0.266. The molecule has 0 saturated carbocycles. The van der Waals surface area contributed by atoms with Crippen molar-refractivity contribution in [3.63, 3.8) is 0 Å². The van der Waals surface area contributed by atoms with Gasteiger partial charge in [0.25, 0.3) is 0 Å². The average molecular weight is 172 g/mol. The minimum atomic E-state index is -0.0650. The summed E-state index contributed by atoms with van der Waals surface area (Å²) in [6.45, 7) is 1.86. The van der Waals surface area contributed by atoms with Crippen LogP contribution >= 0.6 is 0 Å². The predicted molar refractivity (Wildman–Crippen MR) is 43.7 cm³/mol. The fourth-order valence-corrected chi connectivity index (χ4v) is 0.680. The molecule has 1 heterocycles. The maximum atomic E-state index is 8.81. The second-order valence-corrected chi connectivity index (χ2v) is 2.57. The van der Waals surface area contributed by atoms with Gasteiger partial charge in [-0.25, -0.2) is 0 Å². The van der Waals surface area contributed by atoms with Crippen molar-refractivity contribution >= 4 is 12.0 Å². The molecule has 0 saturated heterocycles. The summed E-state index contributed by atoms with van der Waals surface area (Å²) in [7, 11) is 1.74. The van der Waals surface area contributed by atoms with Crippen molar-refractivity contribution in [3.05, 3.63) is 0 Å². The van der Waals surface area contributed by atoms with Gasteiger partial charge in [-0.05, 0) is 6.92 Å². The molecule has 0 aliphatic rings. The minimum Gasteiger partial charge on any atom is -0.394 e. The summed E-state index contributed by atoms with van der Waals surface area (Å²) in [4.78, 5) is 1.66. The lowest BCUT2D eigenvalue weighted by atomic mass is 10.3. The van der Waals surface area contributed by atoms with E-state index in [1.54, 1.807) is 11.9 Å². The molecule has 12 heavy (non-hydrogen) atoms. The molecule has 0 bridgehead atoms. The zero-order chi connectivity index (χ0) is 9.14. The van der Waals surface area contributed by atoms with E-state index >= 15 is 0 Å². The molecule has 6 heteroatoms. The predicted octanol–water partition coefficient (Wildman–Crippen LogP) is -0.531. The number of nitrogens with zero attached hydrogens (tertiary/aromatic N) is 3. The highest BCUT2D eigenvalue weighted by molar-refractivity contribution is 5.27. The van der Waals surface area contributed by atoms with Crippen LogP contribution in [0.2, 0.25) is 0 Å². The Morgan fingerprint density at radius 3 is 2.75 bits per heavy atom. The summed E-state index contributed by atoms with van der Waals surface area (Å²) < 4.78 is 4.94. The van der Waals surface area contributed by atoms with Gasteiger partial charge in [0.05, 0.1) is 12.6 Å². The number of anilines is 2. The summed E-state index contributed by atoms with van der Waals surface area (Å²) in [5, 5.41) is 16.0. The van der Waals surface area contributed by atoms with E-state index in [0.29, 0.717) is 6.01 Å². The Labute approximate surface area is 70.0 Å². The number of aliphatic hydroxyl groups is 1. The Kier molecular flexibility index (Phi) is 2.49. The second kappa shape index (κ2) is 3.40. The molecule has 0 aromatic carbocycles. The van der Waals surface area contributed by atoms with Gasteiger partial charge in [-0.3, -0.25) is 0 Å². The van der Waals surface area contributed by atoms with Crippen LogP contribution in [0.25, 0.3) is 0 Å². The van der Waals surface area contributed by atoms with E-state index in [4.69, 9.17) is 15.3 Å². The van der Waals surface area contributed by atoms with Crippen molar-refractivity contribution in [2.24, 2.45) is 0 Å². The van der Waals surface area contributed by atoms with Gasteiger partial charge in [0.1, 0.15) is 0 Å². The molecule has 1 unspecified atom stereocenters. The van der Waals surface area contributed by atoms with Crippen LogP contribution in [0.4, 0.5) is 12.0 Å². The van der Waals surface area contributed by atoms with Gasteiger partial charge in [0.15, 0.2) is 0 Å². The van der Waals surface area contributed by atoms with E-state index in [-0.39, 0.29) is 18.7 Å². The van der Waals surface area contributed by atoms with Gasteiger partial charge < -0.3 is 20.2 Å². The monoisotopic (exact) mass is 172 g/mol. The fraction of sp³-hybridized carbons (Fsp3) is 0.667. The molecule has 1 aromatic rings. The molecule has 0 spiro atoms. The molecule has 1 aromatic heterocycles. The first-order valence-electron chi connectivity index (χ1n) is 3.57. The molecular weight excluding hydrogens is 160 g/mol. The minimum absolute atomic E-state index is 0.0266. The van der Waals surface area contributed by atoms with E-state index in [9.17, 15) is 0 Å². The van der Waals surface area contributed by atoms with Crippen molar-refractivity contribution in [3.8, 4) is 0 Å². The molecule has 0 aliphatic heterocycles. The molecule has 0 radical (unpaired) electrons. The number of aliphatic hydroxyl groups excluding tert-OH is 1. The second-order valence-electron chi connectivity index (χ2n) is 2.57. The smallest absolute Gasteiger partial charge is 0.319 e. The van der Waals surface area contributed by atoms with E-state index in [1.807, 2.05) is 6.92 Å². The van der Waals surface area contributed by atoms with Crippen molar-refractivity contribution in [1.29, 1.82) is 0 Å². The van der Waals surface area contributed by atoms with Crippen molar-refractivity contribution in [2.45, 2.75) is 13.0 Å². The molecule has 6 nitrogen and oxygen atoms in total. The van der Waals surface area contributed by atoms with Gasteiger partial charge in [0, 0.05) is 7.05 Å². The van der Waals surface area contributed by atoms with Crippen molar-refractivity contribution < 1.29 is 9.52 Å². The van der Waals surface area contributed by atoms with Gasteiger partial charge in [-0.1, -0.05) is 10.2 Å². The Balaban J connectivity index is 2.70. The molecule has 0 amide bonds. The van der Waals surface area contributed by atoms with Crippen LogP contribution in [0.5, 0.6) is 0 Å². The summed E-state index contributed by atoms with van der Waals surface area (Å²) >= 11 is 0. The van der Waals surface area contributed by atoms with E-state index in [2.05, 4.69) is 10.2 Å². The van der Waals surface area contributed by atoms with Crippen molar-refractivity contribution in [1.82, 2.24) is 10.2 Å². The molecule has 3 N–H and O–H groups in total. The van der Waals surface area contributed by atoms with Crippen LogP contribution < -0.4 is 10.6 Å². The molecule has 0 fully saturated rings. The summed E-state index contributed by atoms with van der Waals surface area (Å²) in [6, 6.07) is 0.279. The quantitative estimate of drug-likeness (QED) is 0.637. The van der Waals surface area contributed by atoms with Crippen LogP contribution in [0.1, 0.15) is 6.92 Å². The number of hydrogen-bond donors (Lipinski definition) is 2. The summed E-state index contributed by atoms with van der Waals surface area (Å²) in [5.74, 6) is 0. The van der Waals surface area contributed by atoms with Gasteiger partial charge in [-0.2, -0.15) is 0 Å². The normalized spacial score (nSPS) is 12.9. The SMILES string of the molecule is CC(CO)N(C)c1nnc(N)o1. The Morgan fingerprint density at radius 2 is 2.33 bits per heavy atom. The molecule has 68 valence electrons. The molecule has 0 aliphatic carbocycles. The van der Waals surface area contributed by atoms with Crippen LogP contribution in [-0.2, 0) is 0 Å². The lowest BCUT2D eigenvalue weighted by Gasteiger charge is -2.19. The zero-order valence-electron chi connectivity index (χ0n) is 7.06. The summed E-state index contributed by atoms with van der Waals surface area (Å²) in [5.41, 5.74) is 5.23. The maximum absolute atomic E-state index is 8.81. The number of nitrogens with two attached hydrogens (primary N) is 1. The van der Waals surface area contributed by atoms with Crippen LogP contribution in [-0.4, -0.2) is 35.0 Å². The molecule has 1 rings (SSSR count). The third-order valence-corrected chi connectivity index (χ3v) is 1.66. The number of likely N-dealkylation sites (N-methyl/N-ethyl adjacent to an activating group) is 1. The number of hydrogen-bond acceptors (Lipinski definition) is 6. The number of nitrogen functional groups attached to an aromatic ring is 1. The fourth-order valence-electron chi connectivity index (χ4n) is 0.680. The largest absolute Gasteiger partial charge is 0.394 e. The number of aromatic nitrogens is 2.